The van der Waals surface area contributed by atoms with Crippen molar-refractivity contribution in [1.82, 2.24) is 20.5 Å². The second kappa shape index (κ2) is 9.37. The molecule has 0 radical (unpaired) electrons. The number of hydrazone groups is 1. The molecule has 2 fully saturated rings. The van der Waals surface area contributed by atoms with Gasteiger partial charge in [0.15, 0.2) is 5.11 Å². The molecule has 7 nitrogen and oxygen atoms in total. The van der Waals surface area contributed by atoms with Gasteiger partial charge in [0.25, 0.3) is 0 Å². The molecule has 1 aromatic heterocycles. The number of nitrogens with zero attached hydrogens (tertiary/aromatic N) is 4. The standard InChI is InChI=1S/C21H28N6OS/c1-16-19(15-23-24-21(29)22-14-18-10-7-13-28-18)20(26-11-5-6-12-26)27(25-16)17-8-3-2-4-9-17/h2-4,8-9,15,18H,5-7,10-14H2,1H3,(H2,22,24,29)/b23-15-/t18-/m1/s1. The molecule has 2 aromatic rings. The van der Waals surface area contributed by atoms with Gasteiger partial charge in [0, 0.05) is 26.2 Å². The molecule has 4 rings (SSSR count). The maximum absolute atomic E-state index is 5.61. The van der Waals surface area contributed by atoms with Crippen molar-refractivity contribution in [1.29, 1.82) is 0 Å². The lowest BCUT2D eigenvalue weighted by Crippen LogP contribution is -2.37. The molecular formula is C21H28N6OS. The number of rotatable bonds is 6. The van der Waals surface area contributed by atoms with Crippen molar-refractivity contribution < 1.29 is 4.74 Å². The maximum atomic E-state index is 5.61. The summed E-state index contributed by atoms with van der Waals surface area (Å²) in [7, 11) is 0. The Kier molecular flexibility index (Phi) is 6.41. The van der Waals surface area contributed by atoms with Crippen molar-refractivity contribution in [3.63, 3.8) is 0 Å². The van der Waals surface area contributed by atoms with Crippen molar-refractivity contribution in [2.75, 3.05) is 31.1 Å². The van der Waals surface area contributed by atoms with Crippen molar-refractivity contribution in [3.8, 4) is 5.69 Å². The first-order valence-electron chi connectivity index (χ1n) is 10.3. The third-order valence-electron chi connectivity index (χ3n) is 5.36. The van der Waals surface area contributed by atoms with Gasteiger partial charge >= 0.3 is 0 Å². The summed E-state index contributed by atoms with van der Waals surface area (Å²) in [5.41, 5.74) is 5.95. The minimum atomic E-state index is 0.242. The molecular weight excluding hydrogens is 384 g/mol. The highest BCUT2D eigenvalue weighted by Gasteiger charge is 2.23. The molecule has 1 aromatic carbocycles. The monoisotopic (exact) mass is 412 g/mol. The Morgan fingerprint density at radius 1 is 1.28 bits per heavy atom. The van der Waals surface area contributed by atoms with Crippen LogP contribution in [0, 0.1) is 6.92 Å². The van der Waals surface area contributed by atoms with E-state index in [1.807, 2.05) is 36.0 Å². The third kappa shape index (κ3) is 4.76. The van der Waals surface area contributed by atoms with Crippen LogP contribution in [0.15, 0.2) is 35.4 Å². The van der Waals surface area contributed by atoms with E-state index in [1.54, 1.807) is 0 Å². The second-order valence-corrected chi connectivity index (χ2v) is 7.89. The van der Waals surface area contributed by atoms with Gasteiger partial charge in [-0.1, -0.05) is 18.2 Å². The first-order valence-corrected chi connectivity index (χ1v) is 10.7. The van der Waals surface area contributed by atoms with E-state index >= 15 is 0 Å². The van der Waals surface area contributed by atoms with Crippen LogP contribution in [0.25, 0.3) is 5.69 Å². The Balaban J connectivity index is 1.49. The van der Waals surface area contributed by atoms with Gasteiger partial charge in [-0.25, -0.2) is 4.68 Å². The first kappa shape index (κ1) is 19.8. The number of benzene rings is 1. The van der Waals surface area contributed by atoms with Gasteiger partial charge in [0.2, 0.25) is 0 Å². The number of ether oxygens (including phenoxy) is 1. The Bertz CT molecular complexity index is 854. The molecule has 8 heteroatoms. The van der Waals surface area contributed by atoms with Gasteiger partial charge in [0.05, 0.1) is 29.3 Å². The van der Waals surface area contributed by atoms with Crippen LogP contribution in [0.1, 0.15) is 36.9 Å². The highest BCUT2D eigenvalue weighted by Crippen LogP contribution is 2.28. The summed E-state index contributed by atoms with van der Waals surface area (Å²) in [6.07, 6.45) is 6.67. The number of hydrogen-bond donors (Lipinski definition) is 2. The topological polar surface area (TPSA) is 66.7 Å². The Morgan fingerprint density at radius 3 is 2.79 bits per heavy atom. The van der Waals surface area contributed by atoms with Crippen molar-refractivity contribution in [3.05, 3.63) is 41.6 Å². The molecule has 0 amide bonds. The number of hydrogen-bond acceptors (Lipinski definition) is 5. The molecule has 0 aliphatic carbocycles. The predicted octanol–water partition coefficient (Wildman–Crippen LogP) is 2.76. The molecule has 2 aliphatic rings. The average molecular weight is 413 g/mol. The smallest absolute Gasteiger partial charge is 0.187 e. The van der Waals surface area contributed by atoms with E-state index in [1.165, 1.54) is 12.8 Å². The van der Waals surface area contributed by atoms with Crippen molar-refractivity contribution >= 4 is 29.4 Å². The molecule has 1 atom stereocenters. The summed E-state index contributed by atoms with van der Waals surface area (Å²) in [6, 6.07) is 10.2. The van der Waals surface area contributed by atoms with Gasteiger partial charge in [0.1, 0.15) is 5.82 Å². The van der Waals surface area contributed by atoms with Gasteiger partial charge in [-0.15, -0.1) is 0 Å². The highest BCUT2D eigenvalue weighted by molar-refractivity contribution is 7.80. The zero-order valence-electron chi connectivity index (χ0n) is 16.8. The summed E-state index contributed by atoms with van der Waals surface area (Å²) in [5, 5.41) is 12.9. The third-order valence-corrected chi connectivity index (χ3v) is 5.60. The number of para-hydroxylation sites is 1. The molecule has 29 heavy (non-hydrogen) atoms. The van der Waals surface area contributed by atoms with Gasteiger partial charge in [-0.05, 0) is 57.0 Å². The Morgan fingerprint density at radius 2 is 2.07 bits per heavy atom. The SMILES string of the molecule is Cc1nn(-c2ccccc2)c(N2CCCC2)c1/C=N\NC(=S)NC[C@H]1CCCO1. The lowest BCUT2D eigenvalue weighted by atomic mass is 10.2. The predicted molar refractivity (Wildman–Crippen MR) is 120 cm³/mol. The Labute approximate surface area is 177 Å². The molecule has 2 saturated heterocycles. The van der Waals surface area contributed by atoms with Crippen LogP contribution in [0.3, 0.4) is 0 Å². The molecule has 2 N–H and O–H groups in total. The largest absolute Gasteiger partial charge is 0.376 e. The van der Waals surface area contributed by atoms with Gasteiger partial charge < -0.3 is 15.0 Å². The zero-order valence-corrected chi connectivity index (χ0v) is 17.6. The van der Waals surface area contributed by atoms with Crippen LogP contribution in [-0.4, -0.2) is 53.5 Å². The normalized spacial score (nSPS) is 19.2. The number of anilines is 1. The van der Waals surface area contributed by atoms with Crippen LogP contribution in [-0.2, 0) is 4.74 Å². The van der Waals surface area contributed by atoms with Gasteiger partial charge in [-0.2, -0.15) is 10.2 Å². The Hall–Kier alpha value is -2.45. The highest BCUT2D eigenvalue weighted by atomic mass is 32.1. The molecule has 154 valence electrons. The molecule has 0 bridgehead atoms. The van der Waals surface area contributed by atoms with E-state index in [4.69, 9.17) is 22.1 Å². The van der Waals surface area contributed by atoms with Crippen molar-refractivity contribution in [2.45, 2.75) is 38.7 Å². The number of nitrogens with one attached hydrogen (secondary N) is 2. The molecule has 3 heterocycles. The molecule has 0 spiro atoms. The van der Waals surface area contributed by atoms with E-state index < -0.39 is 0 Å². The summed E-state index contributed by atoms with van der Waals surface area (Å²) < 4.78 is 7.63. The van der Waals surface area contributed by atoms with E-state index in [0.29, 0.717) is 11.7 Å². The summed E-state index contributed by atoms with van der Waals surface area (Å²) >= 11 is 5.34. The fourth-order valence-electron chi connectivity index (χ4n) is 3.87. The first-order chi connectivity index (χ1) is 14.2. The number of thiocarbonyl (C=S) groups is 1. The number of aromatic nitrogens is 2. The van der Waals surface area contributed by atoms with Crippen LogP contribution >= 0.6 is 12.2 Å². The maximum Gasteiger partial charge on any atom is 0.187 e. The fraction of sp³-hybridized carbons (Fsp3) is 0.476. The molecule has 0 saturated carbocycles. The van der Waals surface area contributed by atoms with Crippen molar-refractivity contribution in [2.24, 2.45) is 5.10 Å². The lowest BCUT2D eigenvalue weighted by molar-refractivity contribution is 0.114. The quantitative estimate of drug-likeness (QED) is 0.432. The summed E-state index contributed by atoms with van der Waals surface area (Å²) in [5.74, 6) is 1.09. The minimum absolute atomic E-state index is 0.242. The van der Waals surface area contributed by atoms with Crippen LogP contribution in [0.2, 0.25) is 0 Å². The van der Waals surface area contributed by atoms with E-state index in [-0.39, 0.29) is 6.10 Å². The number of aryl methyl sites for hydroxylation is 1. The second-order valence-electron chi connectivity index (χ2n) is 7.48. The van der Waals surface area contributed by atoms with Crippen LogP contribution in [0.4, 0.5) is 5.82 Å². The van der Waals surface area contributed by atoms with E-state index in [9.17, 15) is 0 Å². The lowest BCUT2D eigenvalue weighted by Gasteiger charge is -2.20. The zero-order chi connectivity index (χ0) is 20.1. The summed E-state index contributed by atoms with van der Waals surface area (Å²) in [6.45, 7) is 5.65. The van der Waals surface area contributed by atoms with Crippen LogP contribution in [0.5, 0.6) is 0 Å². The summed E-state index contributed by atoms with van der Waals surface area (Å²) in [4.78, 5) is 2.39. The fourth-order valence-corrected chi connectivity index (χ4v) is 4.00. The molecule has 0 unspecified atom stereocenters. The van der Waals surface area contributed by atoms with E-state index in [0.717, 1.165) is 55.3 Å². The van der Waals surface area contributed by atoms with Crippen LogP contribution < -0.4 is 15.6 Å². The minimum Gasteiger partial charge on any atom is -0.376 e. The van der Waals surface area contributed by atoms with Gasteiger partial charge in [-0.3, -0.25) is 5.43 Å². The molecule has 2 aliphatic heterocycles. The average Bonchev–Trinajstić information content (AvgIpc) is 3.49. The van der Waals surface area contributed by atoms with E-state index in [2.05, 4.69) is 32.9 Å².